The lowest BCUT2D eigenvalue weighted by Gasteiger charge is -2.23. The van der Waals surface area contributed by atoms with Crippen molar-refractivity contribution in [2.45, 2.75) is 6.42 Å². The number of carbonyl (C=O) groups excluding carboxylic acids is 1. The first kappa shape index (κ1) is 8.78. The molecule has 0 aromatic heterocycles. The number of nitrogens with zero attached hydrogens (tertiary/aromatic N) is 1. The van der Waals surface area contributed by atoms with Crippen LogP contribution in [0.25, 0.3) is 0 Å². The summed E-state index contributed by atoms with van der Waals surface area (Å²) in [5.74, 6) is 0.103. The van der Waals surface area contributed by atoms with Gasteiger partial charge in [-0.1, -0.05) is 11.6 Å². The van der Waals surface area contributed by atoms with Gasteiger partial charge in [-0.3, -0.25) is 4.79 Å². The SMILES string of the molecule is NCC1CCN(C2=CC=C2Cl)C1=O. The highest BCUT2D eigenvalue weighted by Crippen LogP contribution is 2.31. The van der Waals surface area contributed by atoms with Crippen LogP contribution in [-0.2, 0) is 4.79 Å². The molecule has 2 N–H and O–H groups in total. The fraction of sp³-hybridized carbons (Fsp3) is 0.444. The predicted octanol–water partition coefficient (Wildman–Crippen LogP) is 0.814. The number of nitrogens with two attached hydrogens (primary N) is 1. The van der Waals surface area contributed by atoms with Crippen LogP contribution in [0.3, 0.4) is 0 Å². The third-order valence-corrected chi connectivity index (χ3v) is 2.84. The van der Waals surface area contributed by atoms with Gasteiger partial charge < -0.3 is 10.6 Å². The van der Waals surface area contributed by atoms with Gasteiger partial charge in [0.25, 0.3) is 0 Å². The summed E-state index contributed by atoms with van der Waals surface area (Å²) in [7, 11) is 0. The number of likely N-dealkylation sites (tertiary alicyclic amines) is 1. The van der Waals surface area contributed by atoms with E-state index in [4.69, 9.17) is 17.3 Å². The fourth-order valence-corrected chi connectivity index (χ4v) is 1.86. The van der Waals surface area contributed by atoms with Crippen molar-refractivity contribution in [2.75, 3.05) is 13.1 Å². The Balaban J connectivity index is 2.07. The van der Waals surface area contributed by atoms with Gasteiger partial charge in [0.2, 0.25) is 5.91 Å². The standard InChI is InChI=1S/C9H11ClN2O/c10-7-1-2-8(7)12-4-3-6(5-11)9(12)13/h1-2,6H,3-5,11H2. The van der Waals surface area contributed by atoms with Crippen molar-refractivity contribution in [2.24, 2.45) is 11.7 Å². The quantitative estimate of drug-likeness (QED) is 0.714. The molecule has 2 aliphatic rings. The number of allylic oxidation sites excluding steroid dienone is 3. The van der Waals surface area contributed by atoms with Crippen LogP contribution in [0.4, 0.5) is 0 Å². The smallest absolute Gasteiger partial charge is 0.231 e. The maximum Gasteiger partial charge on any atom is 0.231 e. The molecule has 1 heterocycles. The lowest BCUT2D eigenvalue weighted by molar-refractivity contribution is -0.128. The molecule has 0 saturated carbocycles. The van der Waals surface area contributed by atoms with Crippen molar-refractivity contribution < 1.29 is 4.79 Å². The zero-order chi connectivity index (χ0) is 9.42. The van der Waals surface area contributed by atoms with Crippen molar-refractivity contribution in [3.05, 3.63) is 22.9 Å². The number of halogens is 1. The van der Waals surface area contributed by atoms with Gasteiger partial charge in [-0.15, -0.1) is 0 Å². The van der Waals surface area contributed by atoms with Crippen molar-refractivity contribution in [3.63, 3.8) is 0 Å². The predicted molar refractivity (Wildman–Crippen MR) is 50.9 cm³/mol. The van der Waals surface area contributed by atoms with E-state index in [0.29, 0.717) is 11.6 Å². The van der Waals surface area contributed by atoms with Crippen LogP contribution in [0.1, 0.15) is 6.42 Å². The molecule has 1 saturated heterocycles. The Morgan fingerprint density at radius 2 is 2.38 bits per heavy atom. The minimum Gasteiger partial charge on any atom is -0.330 e. The monoisotopic (exact) mass is 198 g/mol. The summed E-state index contributed by atoms with van der Waals surface area (Å²) in [5, 5.41) is 0.672. The molecule has 1 aliphatic heterocycles. The Hall–Kier alpha value is -0.800. The lowest BCUT2D eigenvalue weighted by atomic mass is 10.1. The zero-order valence-electron chi connectivity index (χ0n) is 7.16. The summed E-state index contributed by atoms with van der Waals surface area (Å²) in [6.45, 7) is 1.18. The van der Waals surface area contributed by atoms with Crippen LogP contribution in [0.5, 0.6) is 0 Å². The van der Waals surface area contributed by atoms with Crippen LogP contribution >= 0.6 is 11.6 Å². The van der Waals surface area contributed by atoms with Crippen molar-refractivity contribution in [1.82, 2.24) is 4.90 Å². The summed E-state index contributed by atoms with van der Waals surface area (Å²) < 4.78 is 0. The van der Waals surface area contributed by atoms with Crippen LogP contribution < -0.4 is 5.73 Å². The molecule has 2 rings (SSSR count). The van der Waals surface area contributed by atoms with Gasteiger partial charge in [0.15, 0.2) is 0 Å². The normalized spacial score (nSPS) is 27.1. The van der Waals surface area contributed by atoms with Gasteiger partial charge in [-0.05, 0) is 18.6 Å². The van der Waals surface area contributed by atoms with E-state index in [2.05, 4.69) is 0 Å². The topological polar surface area (TPSA) is 46.3 Å². The van der Waals surface area contributed by atoms with Gasteiger partial charge in [0, 0.05) is 13.1 Å². The number of rotatable bonds is 2. The van der Waals surface area contributed by atoms with Crippen molar-refractivity contribution in [1.29, 1.82) is 0 Å². The highest BCUT2D eigenvalue weighted by Gasteiger charge is 2.34. The molecule has 1 fully saturated rings. The van der Waals surface area contributed by atoms with E-state index < -0.39 is 0 Å². The Morgan fingerprint density at radius 1 is 1.62 bits per heavy atom. The molecule has 1 amide bonds. The molecule has 0 radical (unpaired) electrons. The van der Waals surface area contributed by atoms with E-state index in [-0.39, 0.29) is 11.8 Å². The first-order valence-electron chi connectivity index (χ1n) is 4.33. The first-order chi connectivity index (χ1) is 6.24. The van der Waals surface area contributed by atoms with Gasteiger partial charge in [0.05, 0.1) is 16.6 Å². The van der Waals surface area contributed by atoms with Crippen molar-refractivity contribution in [3.8, 4) is 0 Å². The molecular formula is C9H11ClN2O. The molecule has 4 heteroatoms. The minimum atomic E-state index is -0.00836. The van der Waals surface area contributed by atoms with Gasteiger partial charge in [0.1, 0.15) is 0 Å². The lowest BCUT2D eigenvalue weighted by Crippen LogP contribution is -2.30. The minimum absolute atomic E-state index is 0.00836. The number of hydrogen-bond donors (Lipinski definition) is 1. The first-order valence-corrected chi connectivity index (χ1v) is 4.71. The van der Waals surface area contributed by atoms with Gasteiger partial charge in [-0.25, -0.2) is 0 Å². The maximum absolute atomic E-state index is 11.6. The van der Waals surface area contributed by atoms with E-state index in [1.165, 1.54) is 0 Å². The molecule has 3 nitrogen and oxygen atoms in total. The second-order valence-corrected chi connectivity index (χ2v) is 3.68. The number of carbonyl (C=O) groups is 1. The molecule has 13 heavy (non-hydrogen) atoms. The van der Waals surface area contributed by atoms with Gasteiger partial charge in [-0.2, -0.15) is 0 Å². The Morgan fingerprint density at radius 3 is 2.77 bits per heavy atom. The average Bonchev–Trinajstić information content (AvgIpc) is 2.46. The highest BCUT2D eigenvalue weighted by molar-refractivity contribution is 6.33. The summed E-state index contributed by atoms with van der Waals surface area (Å²) in [4.78, 5) is 13.4. The third kappa shape index (κ3) is 1.28. The second kappa shape index (κ2) is 3.16. The highest BCUT2D eigenvalue weighted by atomic mass is 35.5. The molecule has 0 bridgehead atoms. The van der Waals surface area contributed by atoms with E-state index in [1.54, 1.807) is 11.0 Å². The van der Waals surface area contributed by atoms with Crippen LogP contribution in [0.2, 0.25) is 0 Å². The molecule has 1 unspecified atom stereocenters. The zero-order valence-corrected chi connectivity index (χ0v) is 7.92. The molecule has 0 spiro atoms. The van der Waals surface area contributed by atoms with Crippen LogP contribution in [0.15, 0.2) is 22.9 Å². The molecule has 0 aromatic carbocycles. The van der Waals surface area contributed by atoms with Crippen molar-refractivity contribution >= 4 is 17.5 Å². The Kier molecular flexibility index (Phi) is 2.14. The molecule has 1 atom stereocenters. The number of hydrogen-bond acceptors (Lipinski definition) is 2. The Bertz CT molecular complexity index is 309. The van der Waals surface area contributed by atoms with E-state index in [1.807, 2.05) is 6.08 Å². The molecule has 1 aliphatic carbocycles. The van der Waals surface area contributed by atoms with E-state index in [9.17, 15) is 4.79 Å². The summed E-state index contributed by atoms with van der Waals surface area (Å²) in [6.07, 6.45) is 4.50. The molecule has 0 aromatic rings. The summed E-state index contributed by atoms with van der Waals surface area (Å²) in [5.41, 5.74) is 6.32. The number of amides is 1. The second-order valence-electron chi connectivity index (χ2n) is 3.28. The molecule has 70 valence electrons. The average molecular weight is 199 g/mol. The summed E-state index contributed by atoms with van der Waals surface area (Å²) in [6, 6.07) is 0. The van der Waals surface area contributed by atoms with Crippen LogP contribution in [-0.4, -0.2) is 23.9 Å². The third-order valence-electron chi connectivity index (χ3n) is 2.52. The largest absolute Gasteiger partial charge is 0.330 e. The van der Waals surface area contributed by atoms with Gasteiger partial charge >= 0.3 is 0 Å². The molecular weight excluding hydrogens is 188 g/mol. The Labute approximate surface area is 81.8 Å². The fourth-order valence-electron chi connectivity index (χ4n) is 1.64. The van der Waals surface area contributed by atoms with E-state index in [0.717, 1.165) is 18.7 Å². The maximum atomic E-state index is 11.6. The van der Waals surface area contributed by atoms with Crippen LogP contribution in [0, 0.1) is 5.92 Å². The van der Waals surface area contributed by atoms with E-state index >= 15 is 0 Å². The summed E-state index contributed by atoms with van der Waals surface area (Å²) >= 11 is 5.82.